The van der Waals surface area contributed by atoms with E-state index in [1.54, 1.807) is 13.4 Å². The van der Waals surface area contributed by atoms with E-state index in [-0.39, 0.29) is 11.8 Å². The normalized spacial score (nSPS) is 18.6. The highest BCUT2D eigenvalue weighted by molar-refractivity contribution is 7.88. The molecule has 9 nitrogen and oxygen atoms in total. The average Bonchev–Trinajstić information content (AvgIpc) is 2.83. The largest absolute Gasteiger partial charge is 0.497 e. The molecule has 0 N–H and O–H groups in total. The standard InChI is InChI=1S/C22H29N5O4S/c1-31-19-5-3-17(4-6-19)20-15-21(24-16-23-20)25-9-7-18(8-10-25)22(28)26-11-13-27(14-12-26)32(2,29)30/h3-6,15-16,18H,7-14H2,1-2H3. The van der Waals surface area contributed by atoms with Crippen molar-refractivity contribution in [3.05, 3.63) is 36.7 Å². The Hall–Kier alpha value is -2.72. The van der Waals surface area contributed by atoms with Gasteiger partial charge in [-0.05, 0) is 37.1 Å². The number of sulfonamides is 1. The Balaban J connectivity index is 1.34. The second-order valence-electron chi connectivity index (χ2n) is 8.24. The zero-order chi connectivity index (χ0) is 22.7. The van der Waals surface area contributed by atoms with E-state index in [1.807, 2.05) is 35.2 Å². The molecule has 2 aliphatic rings. The van der Waals surface area contributed by atoms with Crippen molar-refractivity contribution in [3.63, 3.8) is 0 Å². The SMILES string of the molecule is COc1ccc(-c2cc(N3CCC(C(=O)N4CCN(S(C)(=O)=O)CC4)CC3)ncn2)cc1. The molecule has 4 rings (SSSR count). The molecule has 0 radical (unpaired) electrons. The summed E-state index contributed by atoms with van der Waals surface area (Å²) in [6.45, 7) is 3.17. The molecule has 0 aliphatic carbocycles. The van der Waals surface area contributed by atoms with Crippen molar-refractivity contribution in [1.82, 2.24) is 19.2 Å². The first kappa shape index (κ1) is 22.5. The number of piperidine rings is 1. The molecular weight excluding hydrogens is 430 g/mol. The van der Waals surface area contributed by atoms with Crippen LogP contribution in [0, 0.1) is 5.92 Å². The molecule has 1 amide bonds. The van der Waals surface area contributed by atoms with Crippen molar-refractivity contribution in [2.75, 3.05) is 57.5 Å². The minimum atomic E-state index is -3.19. The molecule has 0 atom stereocenters. The predicted molar refractivity (Wildman–Crippen MR) is 122 cm³/mol. The molecule has 0 bridgehead atoms. The van der Waals surface area contributed by atoms with Gasteiger partial charge in [-0.3, -0.25) is 4.79 Å². The highest BCUT2D eigenvalue weighted by atomic mass is 32.2. The fraction of sp³-hybridized carbons (Fsp3) is 0.500. The maximum atomic E-state index is 12.9. The summed E-state index contributed by atoms with van der Waals surface area (Å²) < 4.78 is 30.0. The van der Waals surface area contributed by atoms with E-state index in [4.69, 9.17) is 4.74 Å². The molecule has 2 aliphatic heterocycles. The number of nitrogens with zero attached hydrogens (tertiary/aromatic N) is 5. The Labute approximate surface area is 189 Å². The molecule has 172 valence electrons. The molecule has 2 aromatic rings. The lowest BCUT2D eigenvalue weighted by Crippen LogP contribution is -2.52. The van der Waals surface area contributed by atoms with E-state index in [9.17, 15) is 13.2 Å². The van der Waals surface area contributed by atoms with Crippen molar-refractivity contribution >= 4 is 21.7 Å². The zero-order valence-corrected chi connectivity index (χ0v) is 19.3. The highest BCUT2D eigenvalue weighted by Gasteiger charge is 2.32. The fourth-order valence-electron chi connectivity index (χ4n) is 4.29. The first-order valence-corrected chi connectivity index (χ1v) is 12.7. The van der Waals surface area contributed by atoms with E-state index in [2.05, 4.69) is 14.9 Å². The Morgan fingerprint density at radius 1 is 1.00 bits per heavy atom. The first-order chi connectivity index (χ1) is 15.3. The van der Waals surface area contributed by atoms with Gasteiger partial charge in [0.1, 0.15) is 17.9 Å². The zero-order valence-electron chi connectivity index (χ0n) is 18.5. The molecule has 2 saturated heterocycles. The quantitative estimate of drug-likeness (QED) is 0.668. The first-order valence-electron chi connectivity index (χ1n) is 10.8. The molecule has 10 heteroatoms. The van der Waals surface area contributed by atoms with Crippen molar-refractivity contribution in [1.29, 1.82) is 0 Å². The summed E-state index contributed by atoms with van der Waals surface area (Å²) in [5.41, 5.74) is 1.84. The summed E-state index contributed by atoms with van der Waals surface area (Å²) in [7, 11) is -1.55. The van der Waals surface area contributed by atoms with Crippen LogP contribution in [-0.2, 0) is 14.8 Å². The second kappa shape index (κ2) is 9.41. The van der Waals surface area contributed by atoms with Gasteiger partial charge in [-0.2, -0.15) is 4.31 Å². The Morgan fingerprint density at radius 3 is 2.25 bits per heavy atom. The second-order valence-corrected chi connectivity index (χ2v) is 10.2. The van der Waals surface area contributed by atoms with Gasteiger partial charge in [0.15, 0.2) is 0 Å². The number of anilines is 1. The summed E-state index contributed by atoms with van der Waals surface area (Å²) in [5.74, 6) is 1.77. The van der Waals surface area contributed by atoms with Crippen LogP contribution in [0.5, 0.6) is 5.75 Å². The van der Waals surface area contributed by atoms with Crippen LogP contribution in [0.25, 0.3) is 11.3 Å². The number of carbonyl (C=O) groups is 1. The summed E-state index contributed by atoms with van der Waals surface area (Å²) in [6.07, 6.45) is 4.31. The average molecular weight is 460 g/mol. The van der Waals surface area contributed by atoms with Crippen LogP contribution in [0.4, 0.5) is 5.82 Å². The minimum Gasteiger partial charge on any atom is -0.497 e. The van der Waals surface area contributed by atoms with Gasteiger partial charge in [-0.1, -0.05) is 0 Å². The number of benzene rings is 1. The maximum absolute atomic E-state index is 12.9. The van der Waals surface area contributed by atoms with E-state index in [0.717, 1.165) is 48.8 Å². The number of aromatic nitrogens is 2. The van der Waals surface area contributed by atoms with Crippen LogP contribution in [-0.4, -0.2) is 86.1 Å². The van der Waals surface area contributed by atoms with Crippen LogP contribution in [0.2, 0.25) is 0 Å². The van der Waals surface area contributed by atoms with Crippen LogP contribution in [0.3, 0.4) is 0 Å². The summed E-state index contributed by atoms with van der Waals surface area (Å²) in [6, 6.07) is 9.74. The molecule has 32 heavy (non-hydrogen) atoms. The van der Waals surface area contributed by atoms with Gasteiger partial charge in [0.2, 0.25) is 15.9 Å². The van der Waals surface area contributed by atoms with Gasteiger partial charge in [-0.15, -0.1) is 0 Å². The third-order valence-electron chi connectivity index (χ3n) is 6.23. The molecule has 1 aromatic heterocycles. The molecule has 0 saturated carbocycles. The Bertz CT molecular complexity index is 1040. The van der Waals surface area contributed by atoms with Crippen molar-refractivity contribution in [2.24, 2.45) is 5.92 Å². The smallest absolute Gasteiger partial charge is 0.225 e. The Kier molecular flexibility index (Phi) is 6.61. The van der Waals surface area contributed by atoms with E-state index >= 15 is 0 Å². The number of ether oxygens (including phenoxy) is 1. The number of piperazine rings is 1. The molecule has 0 unspecified atom stereocenters. The van der Waals surface area contributed by atoms with Crippen LogP contribution < -0.4 is 9.64 Å². The van der Waals surface area contributed by atoms with Crippen molar-refractivity contribution in [2.45, 2.75) is 12.8 Å². The van der Waals surface area contributed by atoms with E-state index in [0.29, 0.717) is 26.2 Å². The number of amides is 1. The number of hydrogen-bond acceptors (Lipinski definition) is 7. The number of hydrogen-bond donors (Lipinski definition) is 0. The predicted octanol–water partition coefficient (Wildman–Crippen LogP) is 1.47. The van der Waals surface area contributed by atoms with Gasteiger partial charge in [0.25, 0.3) is 0 Å². The lowest BCUT2D eigenvalue weighted by molar-refractivity contribution is -0.137. The topological polar surface area (TPSA) is 95.9 Å². The fourth-order valence-corrected chi connectivity index (χ4v) is 5.12. The van der Waals surface area contributed by atoms with E-state index in [1.165, 1.54) is 10.6 Å². The lowest BCUT2D eigenvalue weighted by Gasteiger charge is -2.38. The summed E-state index contributed by atoms with van der Waals surface area (Å²) in [4.78, 5) is 25.8. The third kappa shape index (κ3) is 5.02. The van der Waals surface area contributed by atoms with Gasteiger partial charge in [-0.25, -0.2) is 18.4 Å². The van der Waals surface area contributed by atoms with Gasteiger partial charge >= 0.3 is 0 Å². The van der Waals surface area contributed by atoms with Crippen LogP contribution in [0.1, 0.15) is 12.8 Å². The molecule has 1 aromatic carbocycles. The third-order valence-corrected chi connectivity index (χ3v) is 7.53. The molecule has 3 heterocycles. The summed E-state index contributed by atoms with van der Waals surface area (Å²) >= 11 is 0. The van der Waals surface area contributed by atoms with Crippen molar-refractivity contribution in [3.8, 4) is 17.0 Å². The minimum absolute atomic E-state index is 0.0288. The van der Waals surface area contributed by atoms with Crippen molar-refractivity contribution < 1.29 is 17.9 Å². The highest BCUT2D eigenvalue weighted by Crippen LogP contribution is 2.27. The molecular formula is C22H29N5O4S. The van der Waals surface area contributed by atoms with Gasteiger partial charge < -0.3 is 14.5 Å². The summed E-state index contributed by atoms with van der Waals surface area (Å²) in [5, 5.41) is 0. The number of carbonyl (C=O) groups excluding carboxylic acids is 1. The number of rotatable bonds is 5. The van der Waals surface area contributed by atoms with Crippen LogP contribution >= 0.6 is 0 Å². The van der Waals surface area contributed by atoms with Gasteiger partial charge in [0, 0.05) is 56.8 Å². The van der Waals surface area contributed by atoms with Crippen LogP contribution in [0.15, 0.2) is 36.7 Å². The Morgan fingerprint density at radius 2 is 1.66 bits per heavy atom. The van der Waals surface area contributed by atoms with Gasteiger partial charge in [0.05, 0.1) is 19.1 Å². The maximum Gasteiger partial charge on any atom is 0.225 e. The lowest BCUT2D eigenvalue weighted by atomic mass is 9.95. The molecule has 0 spiro atoms. The number of methoxy groups -OCH3 is 1. The van der Waals surface area contributed by atoms with E-state index < -0.39 is 10.0 Å². The monoisotopic (exact) mass is 459 g/mol. The molecule has 2 fully saturated rings.